The lowest BCUT2D eigenvalue weighted by Crippen LogP contribution is -2.36. The number of carbonyl (C=O) groups is 2. The number of nitrogens with zero attached hydrogens (tertiary/aromatic N) is 4. The number of anilines is 1. The van der Waals surface area contributed by atoms with Crippen LogP contribution in [0.1, 0.15) is 18.5 Å². The van der Waals surface area contributed by atoms with Gasteiger partial charge in [-0.1, -0.05) is 0 Å². The molecule has 0 fully saturated rings. The van der Waals surface area contributed by atoms with E-state index in [1.165, 1.54) is 23.3 Å². The molecule has 0 spiro atoms. The monoisotopic (exact) mass is 292 g/mol. The number of aryl methyl sites for hydroxylation is 2. The number of aliphatic carboxylic acids is 1. The predicted octanol–water partition coefficient (Wildman–Crippen LogP) is 0.584. The Labute approximate surface area is 120 Å². The maximum atomic E-state index is 11.9. The summed E-state index contributed by atoms with van der Waals surface area (Å²) in [5.74, 6) is -1.16. The maximum Gasteiger partial charge on any atom is 0.331 e. The lowest BCUT2D eigenvalue weighted by Gasteiger charge is -2.13. The van der Waals surface area contributed by atoms with Crippen molar-refractivity contribution in [2.24, 2.45) is 7.05 Å². The molecule has 112 valence electrons. The third kappa shape index (κ3) is 3.59. The Morgan fingerprint density at radius 1 is 1.33 bits per heavy atom. The normalized spacial score (nSPS) is 11.9. The van der Waals surface area contributed by atoms with Gasteiger partial charge in [0.25, 0.3) is 0 Å². The molecule has 3 N–H and O–H groups in total. The van der Waals surface area contributed by atoms with Gasteiger partial charge in [0.2, 0.25) is 0 Å². The van der Waals surface area contributed by atoms with Crippen molar-refractivity contribution < 1.29 is 14.7 Å². The third-order valence-corrected chi connectivity index (χ3v) is 2.80. The van der Waals surface area contributed by atoms with Gasteiger partial charge < -0.3 is 15.7 Å². The van der Waals surface area contributed by atoms with Crippen LogP contribution in [0.2, 0.25) is 0 Å². The summed E-state index contributed by atoms with van der Waals surface area (Å²) in [5.41, 5.74) is 0.883. The van der Waals surface area contributed by atoms with Crippen LogP contribution in [0.15, 0.2) is 24.8 Å². The van der Waals surface area contributed by atoms with Crippen LogP contribution in [0, 0.1) is 0 Å². The summed E-state index contributed by atoms with van der Waals surface area (Å²) in [4.78, 5) is 23.1. The molecule has 2 aromatic heterocycles. The summed E-state index contributed by atoms with van der Waals surface area (Å²) >= 11 is 0. The summed E-state index contributed by atoms with van der Waals surface area (Å²) in [6.07, 6.45) is 6.07. The van der Waals surface area contributed by atoms with E-state index in [2.05, 4.69) is 20.8 Å². The molecule has 1 atom stereocenters. The molecule has 0 bridgehead atoms. The largest absolute Gasteiger partial charge is 0.479 e. The minimum absolute atomic E-state index is 0.393. The fourth-order valence-corrected chi connectivity index (χ4v) is 1.78. The number of carbonyl (C=O) groups excluding carboxylic acids is 1. The van der Waals surface area contributed by atoms with E-state index in [0.717, 1.165) is 0 Å². The van der Waals surface area contributed by atoms with Crippen LogP contribution in [-0.4, -0.2) is 36.7 Å². The van der Waals surface area contributed by atoms with E-state index in [9.17, 15) is 14.7 Å². The lowest BCUT2D eigenvalue weighted by atomic mass is 10.1. The summed E-state index contributed by atoms with van der Waals surface area (Å²) in [7, 11) is 1.67. The van der Waals surface area contributed by atoms with Gasteiger partial charge in [0.05, 0.1) is 18.1 Å². The van der Waals surface area contributed by atoms with Gasteiger partial charge in [0.1, 0.15) is 0 Å². The number of aromatic nitrogens is 4. The molecular formula is C12H16N6O3. The van der Waals surface area contributed by atoms with E-state index < -0.39 is 18.0 Å². The van der Waals surface area contributed by atoms with Gasteiger partial charge in [0, 0.05) is 31.5 Å². The second-order valence-corrected chi connectivity index (χ2v) is 4.40. The van der Waals surface area contributed by atoms with Crippen molar-refractivity contribution in [3.63, 3.8) is 0 Å². The third-order valence-electron chi connectivity index (χ3n) is 2.80. The van der Waals surface area contributed by atoms with Crippen LogP contribution in [0.4, 0.5) is 10.5 Å². The van der Waals surface area contributed by atoms with Gasteiger partial charge in [0.15, 0.2) is 6.04 Å². The molecule has 0 aliphatic heterocycles. The van der Waals surface area contributed by atoms with E-state index in [4.69, 9.17) is 0 Å². The van der Waals surface area contributed by atoms with Crippen molar-refractivity contribution in [1.29, 1.82) is 0 Å². The Balaban J connectivity index is 2.03. The van der Waals surface area contributed by atoms with Crippen LogP contribution < -0.4 is 10.6 Å². The van der Waals surface area contributed by atoms with Gasteiger partial charge >= 0.3 is 12.0 Å². The predicted molar refractivity (Wildman–Crippen MR) is 73.6 cm³/mol. The number of urea groups is 1. The van der Waals surface area contributed by atoms with Gasteiger partial charge in [-0.15, -0.1) is 0 Å². The maximum absolute atomic E-state index is 11.9. The van der Waals surface area contributed by atoms with E-state index in [1.54, 1.807) is 17.9 Å². The molecule has 2 aromatic rings. The van der Waals surface area contributed by atoms with Crippen molar-refractivity contribution in [3.8, 4) is 0 Å². The minimum Gasteiger partial charge on any atom is -0.479 e. The molecule has 0 saturated carbocycles. The first-order chi connectivity index (χ1) is 9.99. The van der Waals surface area contributed by atoms with E-state index in [-0.39, 0.29) is 0 Å². The average molecular weight is 292 g/mol. The molecule has 2 amide bonds. The quantitative estimate of drug-likeness (QED) is 0.746. The second-order valence-electron chi connectivity index (χ2n) is 4.40. The van der Waals surface area contributed by atoms with Crippen molar-refractivity contribution >= 4 is 17.7 Å². The van der Waals surface area contributed by atoms with E-state index >= 15 is 0 Å². The van der Waals surface area contributed by atoms with Crippen molar-refractivity contribution in [1.82, 2.24) is 24.9 Å². The Morgan fingerprint density at radius 2 is 2.10 bits per heavy atom. The molecule has 2 rings (SSSR count). The number of hydrogen-bond acceptors (Lipinski definition) is 4. The van der Waals surface area contributed by atoms with Crippen molar-refractivity contribution in [3.05, 3.63) is 30.4 Å². The lowest BCUT2D eigenvalue weighted by molar-refractivity contribution is -0.139. The SMILES string of the molecule is CCn1cc(NC(=O)NC(C(=O)O)c2cnn(C)c2)cn1. The smallest absolute Gasteiger partial charge is 0.331 e. The van der Waals surface area contributed by atoms with Crippen LogP contribution >= 0.6 is 0 Å². The van der Waals surface area contributed by atoms with E-state index in [0.29, 0.717) is 17.8 Å². The molecule has 0 aliphatic carbocycles. The molecule has 0 radical (unpaired) electrons. The second kappa shape index (κ2) is 6.07. The Kier molecular flexibility index (Phi) is 4.21. The Morgan fingerprint density at radius 3 is 2.62 bits per heavy atom. The molecule has 21 heavy (non-hydrogen) atoms. The first kappa shape index (κ1) is 14.6. The molecule has 0 aromatic carbocycles. The first-order valence-corrected chi connectivity index (χ1v) is 6.31. The number of carboxylic acids is 1. The Hall–Kier alpha value is -2.84. The number of rotatable bonds is 5. The molecule has 1 unspecified atom stereocenters. The summed E-state index contributed by atoms with van der Waals surface area (Å²) < 4.78 is 3.11. The number of hydrogen-bond donors (Lipinski definition) is 3. The number of carboxylic acid groups (broad SMARTS) is 1. The standard InChI is InChI=1S/C12H16N6O3/c1-3-18-7-9(5-14-18)15-12(21)16-10(11(19)20)8-4-13-17(2)6-8/h4-7,10H,3H2,1-2H3,(H,19,20)(H2,15,16,21). The highest BCUT2D eigenvalue weighted by Gasteiger charge is 2.23. The molecule has 0 aliphatic rings. The molecule has 9 nitrogen and oxygen atoms in total. The van der Waals surface area contributed by atoms with Crippen LogP contribution in [0.25, 0.3) is 0 Å². The average Bonchev–Trinajstić information content (AvgIpc) is 3.04. The van der Waals surface area contributed by atoms with Gasteiger partial charge in [-0.05, 0) is 6.92 Å². The van der Waals surface area contributed by atoms with Crippen molar-refractivity contribution in [2.45, 2.75) is 19.5 Å². The molecule has 9 heteroatoms. The fraction of sp³-hybridized carbons (Fsp3) is 0.333. The Bertz CT molecular complexity index is 647. The minimum atomic E-state index is -1.17. The van der Waals surface area contributed by atoms with Crippen LogP contribution in [0.3, 0.4) is 0 Å². The summed E-state index contributed by atoms with van der Waals surface area (Å²) in [6.45, 7) is 2.59. The van der Waals surface area contributed by atoms with E-state index in [1.807, 2.05) is 6.92 Å². The van der Waals surface area contributed by atoms with Crippen LogP contribution in [-0.2, 0) is 18.4 Å². The molecule has 2 heterocycles. The van der Waals surface area contributed by atoms with Crippen molar-refractivity contribution in [2.75, 3.05) is 5.32 Å². The zero-order valence-electron chi connectivity index (χ0n) is 11.6. The molecular weight excluding hydrogens is 276 g/mol. The zero-order valence-corrected chi connectivity index (χ0v) is 11.6. The van der Waals surface area contributed by atoms with Crippen LogP contribution in [0.5, 0.6) is 0 Å². The van der Waals surface area contributed by atoms with Gasteiger partial charge in [-0.3, -0.25) is 9.36 Å². The van der Waals surface area contributed by atoms with Gasteiger partial charge in [-0.2, -0.15) is 10.2 Å². The topological polar surface area (TPSA) is 114 Å². The highest BCUT2D eigenvalue weighted by atomic mass is 16.4. The summed E-state index contributed by atoms with van der Waals surface area (Å²) in [6, 6.07) is -1.79. The zero-order chi connectivity index (χ0) is 15.4. The highest BCUT2D eigenvalue weighted by molar-refractivity contribution is 5.92. The summed E-state index contributed by atoms with van der Waals surface area (Å²) in [5, 5.41) is 22.0. The first-order valence-electron chi connectivity index (χ1n) is 6.31. The number of amides is 2. The number of nitrogens with one attached hydrogen (secondary N) is 2. The molecule has 0 saturated heterocycles. The fourth-order valence-electron chi connectivity index (χ4n) is 1.78. The van der Waals surface area contributed by atoms with Gasteiger partial charge in [-0.25, -0.2) is 9.59 Å². The highest BCUT2D eigenvalue weighted by Crippen LogP contribution is 2.12.